The van der Waals surface area contributed by atoms with Crippen LogP contribution in [0.2, 0.25) is 5.02 Å². The van der Waals surface area contributed by atoms with E-state index in [0.717, 1.165) is 11.3 Å². The molecule has 2 rings (SSSR count). The van der Waals surface area contributed by atoms with E-state index < -0.39 is 11.9 Å². The summed E-state index contributed by atoms with van der Waals surface area (Å²) in [5.41, 5.74) is 1.34. The summed E-state index contributed by atoms with van der Waals surface area (Å²) in [7, 11) is 0. The minimum absolute atomic E-state index is 0.0671. The molecule has 1 atom stereocenters. The van der Waals surface area contributed by atoms with Gasteiger partial charge in [-0.2, -0.15) is 0 Å². The molecule has 0 amide bonds. The number of rotatable bonds is 5. The normalized spacial score (nSPS) is 12.2. The van der Waals surface area contributed by atoms with Crippen LogP contribution in [0.25, 0.3) is 0 Å². The van der Waals surface area contributed by atoms with Gasteiger partial charge in [0.25, 0.3) is 0 Å². The average Bonchev–Trinajstić information content (AvgIpc) is 2.45. The topological polar surface area (TPSA) is 29.5 Å². The van der Waals surface area contributed by atoms with Gasteiger partial charge >= 0.3 is 0 Å². The quantitative estimate of drug-likeness (QED) is 0.897. The van der Waals surface area contributed by atoms with Gasteiger partial charge in [-0.3, -0.25) is 0 Å². The van der Waals surface area contributed by atoms with Crippen LogP contribution in [0.15, 0.2) is 42.5 Å². The summed E-state index contributed by atoms with van der Waals surface area (Å²) >= 11 is 5.89. The smallest absolute Gasteiger partial charge is 0.142 e. The number of hydrogen-bond acceptors (Lipinski definition) is 2. The van der Waals surface area contributed by atoms with Crippen LogP contribution < -0.4 is 4.74 Å². The van der Waals surface area contributed by atoms with Crippen molar-refractivity contribution in [3.63, 3.8) is 0 Å². The lowest BCUT2D eigenvalue weighted by Crippen LogP contribution is -2.03. The van der Waals surface area contributed by atoms with Gasteiger partial charge in [-0.1, -0.05) is 35.9 Å². The molecule has 0 bridgehead atoms. The molecule has 0 saturated heterocycles. The van der Waals surface area contributed by atoms with E-state index in [1.54, 1.807) is 36.4 Å². The first-order valence-corrected chi connectivity index (χ1v) is 6.83. The first-order valence-electron chi connectivity index (χ1n) is 6.45. The van der Waals surface area contributed by atoms with Gasteiger partial charge < -0.3 is 9.84 Å². The van der Waals surface area contributed by atoms with Crippen molar-refractivity contribution in [2.45, 2.75) is 19.4 Å². The van der Waals surface area contributed by atoms with Crippen LogP contribution in [0.3, 0.4) is 0 Å². The highest BCUT2D eigenvalue weighted by Gasteiger charge is 2.13. The van der Waals surface area contributed by atoms with Crippen molar-refractivity contribution in [3.05, 3.63) is 64.4 Å². The van der Waals surface area contributed by atoms with Crippen molar-refractivity contribution in [1.29, 1.82) is 0 Å². The van der Waals surface area contributed by atoms with E-state index in [9.17, 15) is 9.50 Å². The summed E-state index contributed by atoms with van der Waals surface area (Å²) in [4.78, 5) is 0. The lowest BCUT2D eigenvalue weighted by molar-refractivity contribution is 0.178. The molecule has 0 heterocycles. The molecular weight excluding hydrogens is 279 g/mol. The molecule has 0 spiro atoms. The zero-order valence-electron chi connectivity index (χ0n) is 11.1. The molecule has 0 radical (unpaired) electrons. The number of aliphatic hydroxyl groups excluding tert-OH is 1. The Hall–Kier alpha value is -1.58. The number of halogens is 2. The fourth-order valence-electron chi connectivity index (χ4n) is 1.99. The van der Waals surface area contributed by atoms with Crippen molar-refractivity contribution in [2.75, 3.05) is 6.61 Å². The zero-order chi connectivity index (χ0) is 14.5. The Morgan fingerprint density at radius 1 is 1.20 bits per heavy atom. The largest absolute Gasteiger partial charge is 0.494 e. The molecule has 1 unspecified atom stereocenters. The molecule has 2 aromatic carbocycles. The Labute approximate surface area is 122 Å². The number of hydrogen-bond donors (Lipinski definition) is 1. The summed E-state index contributed by atoms with van der Waals surface area (Å²) < 4.78 is 18.7. The Bertz CT molecular complexity index is 569. The summed E-state index contributed by atoms with van der Waals surface area (Å²) in [5, 5.41) is 10.3. The van der Waals surface area contributed by atoms with Crippen LogP contribution in [-0.4, -0.2) is 11.7 Å². The maximum Gasteiger partial charge on any atom is 0.142 e. The molecular formula is C16H16ClFO2. The van der Waals surface area contributed by atoms with Crippen LogP contribution in [0.5, 0.6) is 5.75 Å². The first kappa shape index (κ1) is 14.8. The molecule has 2 aromatic rings. The second-order valence-electron chi connectivity index (χ2n) is 4.43. The minimum Gasteiger partial charge on any atom is -0.494 e. The van der Waals surface area contributed by atoms with Gasteiger partial charge in [-0.15, -0.1) is 0 Å². The van der Waals surface area contributed by atoms with Crippen molar-refractivity contribution in [2.24, 2.45) is 0 Å². The SMILES string of the molecule is CCOc1ccc(C(O)Cc2cccc(F)c2Cl)cc1. The van der Waals surface area contributed by atoms with Gasteiger partial charge in [0, 0.05) is 6.42 Å². The van der Waals surface area contributed by atoms with Gasteiger partial charge in [0.05, 0.1) is 17.7 Å². The van der Waals surface area contributed by atoms with Crippen LogP contribution >= 0.6 is 11.6 Å². The predicted molar refractivity (Wildman–Crippen MR) is 77.7 cm³/mol. The highest BCUT2D eigenvalue weighted by molar-refractivity contribution is 6.31. The van der Waals surface area contributed by atoms with Gasteiger partial charge in [-0.25, -0.2) is 4.39 Å². The summed E-state index contributed by atoms with van der Waals surface area (Å²) in [6.07, 6.45) is -0.463. The van der Waals surface area contributed by atoms with E-state index in [-0.39, 0.29) is 11.4 Å². The lowest BCUT2D eigenvalue weighted by Gasteiger charge is -2.13. The van der Waals surface area contributed by atoms with Crippen molar-refractivity contribution >= 4 is 11.6 Å². The van der Waals surface area contributed by atoms with Gasteiger partial charge in [0.1, 0.15) is 11.6 Å². The monoisotopic (exact) mass is 294 g/mol. The molecule has 2 nitrogen and oxygen atoms in total. The Balaban J connectivity index is 2.11. The number of benzene rings is 2. The van der Waals surface area contributed by atoms with E-state index in [1.807, 2.05) is 6.92 Å². The van der Waals surface area contributed by atoms with Gasteiger partial charge in [0.2, 0.25) is 0 Å². The third-order valence-corrected chi connectivity index (χ3v) is 3.44. The number of ether oxygens (including phenoxy) is 1. The summed E-state index contributed by atoms with van der Waals surface area (Å²) in [5.74, 6) is 0.287. The molecule has 20 heavy (non-hydrogen) atoms. The first-order chi connectivity index (χ1) is 9.61. The molecule has 4 heteroatoms. The maximum absolute atomic E-state index is 13.3. The van der Waals surface area contributed by atoms with E-state index >= 15 is 0 Å². The molecule has 0 saturated carbocycles. The molecule has 106 valence electrons. The molecule has 0 aromatic heterocycles. The van der Waals surface area contributed by atoms with Gasteiger partial charge in [-0.05, 0) is 36.2 Å². The van der Waals surface area contributed by atoms with E-state index in [2.05, 4.69) is 0 Å². The highest BCUT2D eigenvalue weighted by atomic mass is 35.5. The highest BCUT2D eigenvalue weighted by Crippen LogP contribution is 2.26. The van der Waals surface area contributed by atoms with Crippen LogP contribution in [0.1, 0.15) is 24.2 Å². The van der Waals surface area contributed by atoms with Crippen molar-refractivity contribution in [3.8, 4) is 5.75 Å². The zero-order valence-corrected chi connectivity index (χ0v) is 11.9. The standard InChI is InChI=1S/C16H16ClFO2/c1-2-20-13-8-6-11(7-9-13)15(19)10-12-4-3-5-14(18)16(12)17/h3-9,15,19H,2,10H2,1H3. The fourth-order valence-corrected chi connectivity index (χ4v) is 2.19. The number of aliphatic hydroxyl groups is 1. The lowest BCUT2D eigenvalue weighted by atomic mass is 10.0. The van der Waals surface area contributed by atoms with E-state index in [1.165, 1.54) is 6.07 Å². The van der Waals surface area contributed by atoms with Crippen molar-refractivity contribution < 1.29 is 14.2 Å². The van der Waals surface area contributed by atoms with Crippen molar-refractivity contribution in [1.82, 2.24) is 0 Å². The second-order valence-corrected chi connectivity index (χ2v) is 4.81. The van der Waals surface area contributed by atoms with Gasteiger partial charge in [0.15, 0.2) is 0 Å². The summed E-state index contributed by atoms with van der Waals surface area (Å²) in [6, 6.07) is 11.8. The molecule has 0 fully saturated rings. The predicted octanol–water partition coefficient (Wildman–Crippen LogP) is 4.15. The summed E-state index contributed by atoms with van der Waals surface area (Å²) in [6.45, 7) is 2.51. The maximum atomic E-state index is 13.3. The Morgan fingerprint density at radius 3 is 2.55 bits per heavy atom. The fraction of sp³-hybridized carbons (Fsp3) is 0.250. The Kier molecular flexibility index (Phi) is 4.99. The molecule has 0 aliphatic rings. The van der Waals surface area contributed by atoms with E-state index in [4.69, 9.17) is 16.3 Å². The third-order valence-electron chi connectivity index (χ3n) is 3.02. The minimum atomic E-state index is -0.732. The van der Waals surface area contributed by atoms with Crippen LogP contribution in [0.4, 0.5) is 4.39 Å². The average molecular weight is 295 g/mol. The van der Waals surface area contributed by atoms with E-state index in [0.29, 0.717) is 12.2 Å². The third kappa shape index (κ3) is 3.50. The second kappa shape index (κ2) is 6.73. The molecule has 0 aliphatic carbocycles. The molecule has 1 N–H and O–H groups in total. The van der Waals surface area contributed by atoms with Crippen LogP contribution in [-0.2, 0) is 6.42 Å². The van der Waals surface area contributed by atoms with Crippen LogP contribution in [0, 0.1) is 5.82 Å². The molecule has 0 aliphatic heterocycles. The Morgan fingerprint density at radius 2 is 1.90 bits per heavy atom.